The van der Waals surface area contributed by atoms with E-state index in [1.807, 2.05) is 0 Å². The second-order valence-electron chi connectivity index (χ2n) is 3.62. The zero-order valence-corrected chi connectivity index (χ0v) is 8.04. The largest absolute Gasteiger partial charge is 0.463 e. The Bertz CT molecular complexity index is 192. The molecule has 0 unspecified atom stereocenters. The quantitative estimate of drug-likeness (QED) is 0.495. The Kier molecular flexibility index (Phi) is 3.93. The van der Waals surface area contributed by atoms with Crippen molar-refractivity contribution in [1.29, 1.82) is 0 Å². The first-order valence-corrected chi connectivity index (χ1v) is 4.85. The molecule has 0 aromatic heterocycles. The zero-order chi connectivity index (χ0) is 9.68. The normalized spacial score (nSPS) is 18.2. The highest BCUT2D eigenvalue weighted by Gasteiger charge is 2.21. The number of carbonyl (C=O) groups is 2. The molecule has 0 aromatic carbocycles. The van der Waals surface area contributed by atoms with E-state index in [4.69, 9.17) is 0 Å². The first-order valence-electron chi connectivity index (χ1n) is 4.85. The molecular weight excluding hydrogens is 168 g/mol. The first kappa shape index (κ1) is 10.2. The van der Waals surface area contributed by atoms with Gasteiger partial charge in [0.15, 0.2) is 0 Å². The van der Waals surface area contributed by atoms with E-state index in [2.05, 4.69) is 4.74 Å². The molecule has 0 saturated heterocycles. The number of methoxy groups -OCH3 is 1. The maximum Gasteiger partial charge on any atom is 0.374 e. The van der Waals surface area contributed by atoms with Gasteiger partial charge in [0.1, 0.15) is 0 Å². The molecule has 3 heteroatoms. The topological polar surface area (TPSA) is 43.4 Å². The molecule has 3 nitrogen and oxygen atoms in total. The maximum absolute atomic E-state index is 11.2. The van der Waals surface area contributed by atoms with Gasteiger partial charge in [-0.1, -0.05) is 32.1 Å². The summed E-state index contributed by atoms with van der Waals surface area (Å²) in [6.07, 6.45) is 6.21. The van der Waals surface area contributed by atoms with Crippen LogP contribution in [-0.2, 0) is 14.3 Å². The highest BCUT2D eigenvalue weighted by atomic mass is 16.5. The molecule has 1 aliphatic carbocycles. The fraction of sp³-hybridized carbons (Fsp3) is 0.800. The van der Waals surface area contributed by atoms with Crippen LogP contribution < -0.4 is 0 Å². The summed E-state index contributed by atoms with van der Waals surface area (Å²) in [5.41, 5.74) is 0. The van der Waals surface area contributed by atoms with Gasteiger partial charge >= 0.3 is 5.97 Å². The van der Waals surface area contributed by atoms with Crippen LogP contribution in [0.5, 0.6) is 0 Å². The zero-order valence-electron chi connectivity index (χ0n) is 8.04. The van der Waals surface area contributed by atoms with Crippen LogP contribution in [0.1, 0.15) is 38.5 Å². The molecule has 1 aliphatic rings. The van der Waals surface area contributed by atoms with Crippen LogP contribution in [0.2, 0.25) is 0 Å². The van der Waals surface area contributed by atoms with Crippen molar-refractivity contribution in [2.24, 2.45) is 5.92 Å². The number of Topliss-reactive ketones (excluding diaryl/α,β-unsaturated/α-hetero) is 1. The molecule has 0 atom stereocenters. The fourth-order valence-corrected chi connectivity index (χ4v) is 1.85. The lowest BCUT2D eigenvalue weighted by Gasteiger charge is -2.19. The lowest BCUT2D eigenvalue weighted by atomic mass is 9.86. The number of rotatable bonds is 3. The Labute approximate surface area is 78.5 Å². The van der Waals surface area contributed by atoms with Gasteiger partial charge < -0.3 is 4.74 Å². The van der Waals surface area contributed by atoms with Gasteiger partial charge in [-0.2, -0.15) is 0 Å². The van der Waals surface area contributed by atoms with Crippen molar-refractivity contribution in [1.82, 2.24) is 0 Å². The summed E-state index contributed by atoms with van der Waals surface area (Å²) in [7, 11) is 1.25. The molecule has 0 radical (unpaired) electrons. The van der Waals surface area contributed by atoms with Gasteiger partial charge in [0.05, 0.1) is 7.11 Å². The van der Waals surface area contributed by atoms with Crippen molar-refractivity contribution >= 4 is 11.8 Å². The van der Waals surface area contributed by atoms with E-state index in [0.717, 1.165) is 12.8 Å². The highest BCUT2D eigenvalue weighted by Crippen LogP contribution is 2.26. The monoisotopic (exact) mass is 184 g/mol. The standard InChI is InChI=1S/C10H16O3/c1-13-10(12)9(11)7-8-5-3-2-4-6-8/h8H,2-7H2,1H3. The van der Waals surface area contributed by atoms with E-state index >= 15 is 0 Å². The predicted molar refractivity (Wildman–Crippen MR) is 48.2 cm³/mol. The maximum atomic E-state index is 11.2. The van der Waals surface area contributed by atoms with E-state index in [1.165, 1.54) is 26.4 Å². The number of ether oxygens (including phenoxy) is 1. The van der Waals surface area contributed by atoms with Gasteiger partial charge in [0.2, 0.25) is 5.78 Å². The summed E-state index contributed by atoms with van der Waals surface area (Å²) < 4.78 is 4.37. The van der Waals surface area contributed by atoms with Crippen LogP contribution in [0.4, 0.5) is 0 Å². The Hall–Kier alpha value is -0.860. The summed E-state index contributed by atoms with van der Waals surface area (Å²) in [5, 5.41) is 0. The Balaban J connectivity index is 2.30. The fourth-order valence-electron chi connectivity index (χ4n) is 1.85. The van der Waals surface area contributed by atoms with Gasteiger partial charge in [0, 0.05) is 6.42 Å². The van der Waals surface area contributed by atoms with Crippen molar-refractivity contribution in [2.45, 2.75) is 38.5 Å². The summed E-state index contributed by atoms with van der Waals surface area (Å²) in [4.78, 5) is 22.0. The van der Waals surface area contributed by atoms with Gasteiger partial charge in [-0.05, 0) is 5.92 Å². The van der Waals surface area contributed by atoms with Gasteiger partial charge in [-0.15, -0.1) is 0 Å². The van der Waals surface area contributed by atoms with Crippen LogP contribution in [0.15, 0.2) is 0 Å². The van der Waals surface area contributed by atoms with Crippen molar-refractivity contribution in [3.63, 3.8) is 0 Å². The molecule has 0 aliphatic heterocycles. The summed E-state index contributed by atoms with van der Waals surface area (Å²) in [5.74, 6) is -0.639. The molecular formula is C10H16O3. The van der Waals surface area contributed by atoms with Crippen LogP contribution in [0.3, 0.4) is 0 Å². The second kappa shape index (κ2) is 5.00. The van der Waals surface area contributed by atoms with Gasteiger partial charge in [-0.3, -0.25) is 4.79 Å². The Morgan fingerprint density at radius 3 is 2.38 bits per heavy atom. The molecule has 0 N–H and O–H groups in total. The summed E-state index contributed by atoms with van der Waals surface area (Å²) >= 11 is 0. The first-order chi connectivity index (χ1) is 6.24. The molecule has 0 aromatic rings. The third-order valence-corrected chi connectivity index (χ3v) is 2.61. The van der Waals surface area contributed by atoms with Gasteiger partial charge in [0.25, 0.3) is 0 Å². The predicted octanol–water partition coefficient (Wildman–Crippen LogP) is 1.70. The molecule has 0 heterocycles. The Morgan fingerprint density at radius 1 is 1.23 bits per heavy atom. The second-order valence-corrected chi connectivity index (χ2v) is 3.62. The summed E-state index contributed by atoms with van der Waals surface area (Å²) in [6, 6.07) is 0. The van der Waals surface area contributed by atoms with Crippen LogP contribution >= 0.6 is 0 Å². The smallest absolute Gasteiger partial charge is 0.374 e. The number of ketones is 1. The SMILES string of the molecule is COC(=O)C(=O)CC1CCCCC1. The van der Waals surface area contributed by atoms with E-state index in [-0.39, 0.29) is 5.78 Å². The van der Waals surface area contributed by atoms with E-state index in [9.17, 15) is 9.59 Å². The van der Waals surface area contributed by atoms with Crippen molar-refractivity contribution in [3.05, 3.63) is 0 Å². The molecule has 1 rings (SSSR count). The van der Waals surface area contributed by atoms with Crippen molar-refractivity contribution in [3.8, 4) is 0 Å². The molecule has 1 saturated carbocycles. The Morgan fingerprint density at radius 2 is 1.85 bits per heavy atom. The van der Waals surface area contributed by atoms with E-state index < -0.39 is 5.97 Å². The molecule has 1 fully saturated rings. The number of hydrogen-bond donors (Lipinski definition) is 0. The van der Waals surface area contributed by atoms with E-state index in [1.54, 1.807) is 0 Å². The lowest BCUT2D eigenvalue weighted by Crippen LogP contribution is -2.20. The number of carbonyl (C=O) groups excluding carboxylic acids is 2. The third kappa shape index (κ3) is 3.17. The van der Waals surface area contributed by atoms with Crippen molar-refractivity contribution < 1.29 is 14.3 Å². The van der Waals surface area contributed by atoms with Crippen LogP contribution in [-0.4, -0.2) is 18.9 Å². The minimum atomic E-state index is -0.689. The minimum absolute atomic E-state index is 0.366. The molecule has 13 heavy (non-hydrogen) atoms. The molecule has 0 bridgehead atoms. The number of hydrogen-bond acceptors (Lipinski definition) is 3. The molecule has 0 amide bonds. The van der Waals surface area contributed by atoms with Crippen LogP contribution in [0, 0.1) is 5.92 Å². The average molecular weight is 184 g/mol. The summed E-state index contributed by atoms with van der Waals surface area (Å²) in [6.45, 7) is 0. The lowest BCUT2D eigenvalue weighted by molar-refractivity contribution is -0.152. The van der Waals surface area contributed by atoms with E-state index in [0.29, 0.717) is 12.3 Å². The van der Waals surface area contributed by atoms with Crippen molar-refractivity contribution in [2.75, 3.05) is 7.11 Å². The van der Waals surface area contributed by atoms with Crippen LogP contribution in [0.25, 0.3) is 0 Å². The van der Waals surface area contributed by atoms with Gasteiger partial charge in [-0.25, -0.2) is 4.79 Å². The third-order valence-electron chi connectivity index (χ3n) is 2.61. The molecule has 0 spiro atoms. The molecule has 74 valence electrons. The average Bonchev–Trinajstić information content (AvgIpc) is 2.18. The minimum Gasteiger partial charge on any atom is -0.463 e. The highest BCUT2D eigenvalue weighted by molar-refractivity contribution is 6.33. The number of esters is 1.